The monoisotopic (exact) mass is 312 g/mol. The lowest BCUT2D eigenvalue weighted by molar-refractivity contribution is 0.244. The van der Waals surface area contributed by atoms with Crippen LogP contribution < -0.4 is 0 Å². The van der Waals surface area contributed by atoms with Crippen molar-refractivity contribution in [2.45, 2.75) is 26.9 Å². The second kappa shape index (κ2) is 6.06. The van der Waals surface area contributed by atoms with E-state index in [2.05, 4.69) is 32.1 Å². The van der Waals surface area contributed by atoms with Crippen molar-refractivity contribution in [3.63, 3.8) is 0 Å². The molecule has 2 aromatic rings. The second-order valence-electron chi connectivity index (χ2n) is 7.03. The first-order valence-electron chi connectivity index (χ1n) is 8.45. The molecule has 5 nitrogen and oxygen atoms in total. The van der Waals surface area contributed by atoms with Gasteiger partial charge < -0.3 is 4.52 Å². The van der Waals surface area contributed by atoms with Crippen LogP contribution in [0.5, 0.6) is 0 Å². The summed E-state index contributed by atoms with van der Waals surface area (Å²) in [4.78, 5) is 9.58. The highest BCUT2D eigenvalue weighted by atomic mass is 16.5. The number of fused-ring (bicyclic) bond motifs is 1. The lowest BCUT2D eigenvalue weighted by Gasteiger charge is -2.21. The normalized spacial score (nSPS) is 25.1. The molecular formula is C18H24N4O. The molecule has 122 valence electrons. The molecule has 2 aliphatic rings. The van der Waals surface area contributed by atoms with E-state index in [0.717, 1.165) is 36.4 Å². The van der Waals surface area contributed by atoms with E-state index in [0.29, 0.717) is 0 Å². The minimum atomic E-state index is 0.791. The number of nitrogens with zero attached hydrogens (tertiary/aromatic N) is 4. The molecular weight excluding hydrogens is 288 g/mol. The molecule has 5 heteroatoms. The topological polar surface area (TPSA) is 45.4 Å². The molecule has 0 radical (unpaired) electrons. The smallest absolute Gasteiger partial charge is 0.138 e. The Kier molecular flexibility index (Phi) is 3.91. The summed E-state index contributed by atoms with van der Waals surface area (Å²) in [5, 5.41) is 4.07. The first kappa shape index (κ1) is 14.8. The second-order valence-corrected chi connectivity index (χ2v) is 7.03. The van der Waals surface area contributed by atoms with E-state index in [1.165, 1.54) is 37.4 Å². The quantitative estimate of drug-likeness (QED) is 0.866. The number of hydrogen-bond acceptors (Lipinski definition) is 5. The number of hydrogen-bond donors (Lipinski definition) is 0. The fourth-order valence-corrected chi connectivity index (χ4v) is 4.12. The third kappa shape index (κ3) is 3.03. The highest BCUT2D eigenvalue weighted by Gasteiger charge is 2.40. The molecule has 0 bridgehead atoms. The third-order valence-electron chi connectivity index (χ3n) is 5.31. The maximum absolute atomic E-state index is 5.29. The Balaban J connectivity index is 1.33. The molecule has 2 aliphatic heterocycles. The van der Waals surface area contributed by atoms with Crippen LogP contribution in [0, 0.1) is 25.7 Å². The zero-order chi connectivity index (χ0) is 15.8. The molecule has 0 aliphatic carbocycles. The Morgan fingerprint density at radius 2 is 1.74 bits per heavy atom. The molecule has 0 N–H and O–H groups in total. The average molecular weight is 312 g/mol. The van der Waals surface area contributed by atoms with Crippen LogP contribution in [0.15, 0.2) is 28.9 Å². The molecule has 2 saturated heterocycles. The molecule has 0 saturated carbocycles. The van der Waals surface area contributed by atoms with Gasteiger partial charge in [0, 0.05) is 51.0 Å². The van der Waals surface area contributed by atoms with Crippen LogP contribution in [0.2, 0.25) is 0 Å². The van der Waals surface area contributed by atoms with Crippen LogP contribution in [0.1, 0.15) is 22.7 Å². The average Bonchev–Trinajstić information content (AvgIpc) is 3.17. The highest BCUT2D eigenvalue weighted by Crippen LogP contribution is 2.33. The zero-order valence-electron chi connectivity index (χ0n) is 13.9. The molecule has 0 unspecified atom stereocenters. The van der Waals surface area contributed by atoms with Gasteiger partial charge in [0.25, 0.3) is 0 Å². The summed E-state index contributed by atoms with van der Waals surface area (Å²) in [7, 11) is 0. The van der Waals surface area contributed by atoms with Gasteiger partial charge in [-0.3, -0.25) is 14.8 Å². The summed E-state index contributed by atoms with van der Waals surface area (Å²) in [6, 6.07) is 6.18. The molecule has 2 atom stereocenters. The number of pyridine rings is 1. The van der Waals surface area contributed by atoms with Crippen molar-refractivity contribution in [3.8, 4) is 0 Å². The third-order valence-corrected chi connectivity index (χ3v) is 5.31. The maximum atomic E-state index is 5.29. The van der Waals surface area contributed by atoms with Gasteiger partial charge in [0.1, 0.15) is 5.76 Å². The number of aryl methyl sites for hydroxylation is 2. The van der Waals surface area contributed by atoms with Gasteiger partial charge in [-0.05, 0) is 37.8 Å². The van der Waals surface area contributed by atoms with Crippen molar-refractivity contribution in [3.05, 3.63) is 47.1 Å². The van der Waals surface area contributed by atoms with Gasteiger partial charge in [-0.1, -0.05) is 11.2 Å². The summed E-state index contributed by atoms with van der Waals surface area (Å²) < 4.78 is 5.29. The molecule has 0 spiro atoms. The number of rotatable bonds is 4. The lowest BCUT2D eigenvalue weighted by atomic mass is 10.0. The van der Waals surface area contributed by atoms with Gasteiger partial charge in [0.05, 0.1) is 11.4 Å². The van der Waals surface area contributed by atoms with Crippen LogP contribution in [-0.4, -0.2) is 46.1 Å². The van der Waals surface area contributed by atoms with Crippen molar-refractivity contribution in [2.24, 2.45) is 11.8 Å². The first-order valence-corrected chi connectivity index (χ1v) is 8.45. The van der Waals surface area contributed by atoms with E-state index in [1.54, 1.807) is 0 Å². The Labute approximate surface area is 137 Å². The van der Waals surface area contributed by atoms with Crippen LogP contribution >= 0.6 is 0 Å². The Morgan fingerprint density at radius 3 is 2.30 bits per heavy atom. The fourth-order valence-electron chi connectivity index (χ4n) is 4.12. The van der Waals surface area contributed by atoms with Crippen LogP contribution in [-0.2, 0) is 13.1 Å². The van der Waals surface area contributed by atoms with Crippen molar-refractivity contribution in [1.82, 2.24) is 19.9 Å². The summed E-state index contributed by atoms with van der Waals surface area (Å²) >= 11 is 0. The number of likely N-dealkylation sites (tertiary alicyclic amines) is 2. The summed E-state index contributed by atoms with van der Waals surface area (Å²) in [5.41, 5.74) is 3.49. The molecule has 2 fully saturated rings. The number of aromatic nitrogens is 2. The largest absolute Gasteiger partial charge is 0.361 e. The van der Waals surface area contributed by atoms with Gasteiger partial charge >= 0.3 is 0 Å². The van der Waals surface area contributed by atoms with Gasteiger partial charge in [-0.15, -0.1) is 0 Å². The predicted molar refractivity (Wildman–Crippen MR) is 87.7 cm³/mol. The van der Waals surface area contributed by atoms with E-state index >= 15 is 0 Å². The molecule has 0 aromatic carbocycles. The van der Waals surface area contributed by atoms with Crippen molar-refractivity contribution >= 4 is 0 Å². The van der Waals surface area contributed by atoms with Gasteiger partial charge in [-0.2, -0.15) is 0 Å². The summed E-state index contributed by atoms with van der Waals surface area (Å²) in [6.45, 7) is 10.8. The zero-order valence-corrected chi connectivity index (χ0v) is 13.9. The summed E-state index contributed by atoms with van der Waals surface area (Å²) in [6.07, 6.45) is 1.89. The van der Waals surface area contributed by atoms with Crippen LogP contribution in [0.25, 0.3) is 0 Å². The van der Waals surface area contributed by atoms with E-state index < -0.39 is 0 Å². The predicted octanol–water partition coefficient (Wildman–Crippen LogP) is 2.25. The van der Waals surface area contributed by atoms with E-state index in [-0.39, 0.29) is 0 Å². The van der Waals surface area contributed by atoms with Crippen LogP contribution in [0.3, 0.4) is 0 Å². The molecule has 23 heavy (non-hydrogen) atoms. The highest BCUT2D eigenvalue weighted by molar-refractivity contribution is 5.21. The standard InChI is InChI=1S/C18H24N4O/c1-13-18(14(2)23-20-13)12-22-9-15-7-21(8-16(15)10-22)11-17-5-3-4-6-19-17/h3-6,15-16H,7-12H2,1-2H3/t15-,16-/m0/s1. The maximum Gasteiger partial charge on any atom is 0.138 e. The molecule has 4 rings (SSSR count). The van der Waals surface area contributed by atoms with E-state index in [4.69, 9.17) is 4.52 Å². The van der Waals surface area contributed by atoms with Gasteiger partial charge in [0.2, 0.25) is 0 Å². The summed E-state index contributed by atoms with van der Waals surface area (Å²) in [5.74, 6) is 2.55. The lowest BCUT2D eigenvalue weighted by Crippen LogP contribution is -2.28. The van der Waals surface area contributed by atoms with Crippen molar-refractivity contribution < 1.29 is 4.52 Å². The Morgan fingerprint density at radius 1 is 1.04 bits per heavy atom. The Hall–Kier alpha value is -1.72. The minimum absolute atomic E-state index is 0.791. The minimum Gasteiger partial charge on any atom is -0.361 e. The van der Waals surface area contributed by atoms with E-state index in [1.807, 2.05) is 26.1 Å². The molecule has 2 aromatic heterocycles. The Bertz CT molecular complexity index is 635. The van der Waals surface area contributed by atoms with Crippen molar-refractivity contribution in [2.75, 3.05) is 26.2 Å². The van der Waals surface area contributed by atoms with Gasteiger partial charge in [-0.25, -0.2) is 0 Å². The first-order chi connectivity index (χ1) is 11.2. The SMILES string of the molecule is Cc1noc(C)c1CN1C[C@@H]2CN(Cc3ccccn3)C[C@H]2C1. The van der Waals surface area contributed by atoms with Crippen LogP contribution in [0.4, 0.5) is 0 Å². The fraction of sp³-hybridized carbons (Fsp3) is 0.556. The molecule has 0 amide bonds. The van der Waals surface area contributed by atoms with Gasteiger partial charge in [0.15, 0.2) is 0 Å². The molecule has 4 heterocycles. The van der Waals surface area contributed by atoms with Crippen molar-refractivity contribution in [1.29, 1.82) is 0 Å². The van der Waals surface area contributed by atoms with E-state index in [9.17, 15) is 0 Å².